The largest absolute Gasteiger partial charge is 0.298 e. The van der Waals surface area contributed by atoms with Crippen LogP contribution in [-0.2, 0) is 0 Å². The second-order valence-corrected chi connectivity index (χ2v) is 3.74. The molecule has 14 heavy (non-hydrogen) atoms. The van der Waals surface area contributed by atoms with E-state index in [1.807, 2.05) is 24.3 Å². The van der Waals surface area contributed by atoms with Crippen LogP contribution in [0, 0.1) is 0 Å². The van der Waals surface area contributed by atoms with Crippen molar-refractivity contribution in [3.05, 3.63) is 29.8 Å². The minimum Gasteiger partial charge on any atom is -0.298 e. The van der Waals surface area contributed by atoms with Crippen LogP contribution >= 0.6 is 0 Å². The zero-order chi connectivity index (χ0) is 10.6. The van der Waals surface area contributed by atoms with E-state index in [9.17, 15) is 4.79 Å². The highest BCUT2D eigenvalue weighted by atomic mass is 16.1. The van der Waals surface area contributed by atoms with Crippen molar-refractivity contribution in [2.75, 3.05) is 20.1 Å². The van der Waals surface area contributed by atoms with E-state index in [0.29, 0.717) is 0 Å². The summed E-state index contributed by atoms with van der Waals surface area (Å²) in [5, 5.41) is 0. The van der Waals surface area contributed by atoms with Gasteiger partial charge in [-0.1, -0.05) is 0 Å². The molecule has 0 aliphatic heterocycles. The van der Waals surface area contributed by atoms with Crippen LogP contribution in [0.15, 0.2) is 24.3 Å². The Kier molecular flexibility index (Phi) is 3.42. The van der Waals surface area contributed by atoms with E-state index in [4.69, 9.17) is 0 Å². The quantitative estimate of drug-likeness (QED) is 0.529. The number of aldehydes is 1. The fraction of sp³-hybridized carbons (Fsp3) is 0.417. The van der Waals surface area contributed by atoms with Gasteiger partial charge in [0.2, 0.25) is 0 Å². The second kappa shape index (κ2) is 4.38. The first-order valence-corrected chi connectivity index (χ1v) is 5.06. The standard InChI is InChI=1S/C12H18NO/c1-4-13(3,5-2)12-8-6-11(10-14)7-9-12/h6-10H,4-5H2,1-3H3/q+1. The fourth-order valence-electron chi connectivity index (χ4n) is 1.50. The lowest BCUT2D eigenvalue weighted by molar-refractivity contribution is 0.112. The van der Waals surface area contributed by atoms with Crippen molar-refractivity contribution in [1.82, 2.24) is 4.48 Å². The average Bonchev–Trinajstić information content (AvgIpc) is 2.28. The molecule has 0 saturated carbocycles. The number of nitrogens with zero attached hydrogens (tertiary/aromatic N) is 1. The molecule has 0 unspecified atom stereocenters. The van der Waals surface area contributed by atoms with Gasteiger partial charge in [0, 0.05) is 5.56 Å². The number of carbonyl (C=O) groups excluding carboxylic acids is 1. The first-order valence-electron chi connectivity index (χ1n) is 5.06. The van der Waals surface area contributed by atoms with Crippen LogP contribution < -0.4 is 4.48 Å². The maximum atomic E-state index is 10.5. The SMILES string of the molecule is CC[N+](C)(CC)c1ccc(C=O)cc1. The molecule has 0 bridgehead atoms. The Labute approximate surface area is 85.8 Å². The van der Waals surface area contributed by atoms with Gasteiger partial charge in [-0.2, -0.15) is 0 Å². The normalized spacial score (nSPS) is 11.4. The molecule has 0 fully saturated rings. The van der Waals surface area contributed by atoms with Crippen LogP contribution in [0.4, 0.5) is 5.69 Å². The van der Waals surface area contributed by atoms with Crippen molar-refractivity contribution >= 4 is 12.0 Å². The van der Waals surface area contributed by atoms with E-state index >= 15 is 0 Å². The number of carbonyl (C=O) groups is 1. The van der Waals surface area contributed by atoms with Gasteiger partial charge >= 0.3 is 0 Å². The van der Waals surface area contributed by atoms with Gasteiger partial charge < -0.3 is 0 Å². The summed E-state index contributed by atoms with van der Waals surface area (Å²) >= 11 is 0. The minimum atomic E-state index is 0.743. The molecule has 0 heterocycles. The van der Waals surface area contributed by atoms with Crippen LogP contribution in [0.1, 0.15) is 24.2 Å². The lowest BCUT2D eigenvalue weighted by Gasteiger charge is -2.31. The van der Waals surface area contributed by atoms with Gasteiger partial charge in [-0.15, -0.1) is 0 Å². The summed E-state index contributed by atoms with van der Waals surface area (Å²) in [4.78, 5) is 10.5. The Morgan fingerprint density at radius 3 is 2.00 bits per heavy atom. The molecule has 0 spiro atoms. The van der Waals surface area contributed by atoms with Crippen molar-refractivity contribution in [2.24, 2.45) is 0 Å². The van der Waals surface area contributed by atoms with Crippen LogP contribution in [0.2, 0.25) is 0 Å². The van der Waals surface area contributed by atoms with E-state index in [2.05, 4.69) is 20.9 Å². The molecular weight excluding hydrogens is 174 g/mol. The van der Waals surface area contributed by atoms with Gasteiger partial charge in [-0.3, -0.25) is 9.28 Å². The van der Waals surface area contributed by atoms with Gasteiger partial charge in [0.05, 0.1) is 20.1 Å². The van der Waals surface area contributed by atoms with Crippen LogP contribution in [0.25, 0.3) is 0 Å². The Hall–Kier alpha value is -1.15. The molecule has 0 atom stereocenters. The summed E-state index contributed by atoms with van der Waals surface area (Å²) in [6.07, 6.45) is 0.881. The van der Waals surface area contributed by atoms with Crippen LogP contribution in [0.3, 0.4) is 0 Å². The van der Waals surface area contributed by atoms with E-state index in [-0.39, 0.29) is 0 Å². The maximum Gasteiger partial charge on any atom is 0.150 e. The van der Waals surface area contributed by atoms with E-state index in [0.717, 1.165) is 29.4 Å². The summed E-state index contributed by atoms with van der Waals surface area (Å²) in [6.45, 7) is 6.49. The summed E-state index contributed by atoms with van der Waals surface area (Å²) in [6, 6.07) is 7.84. The van der Waals surface area contributed by atoms with Crippen molar-refractivity contribution in [2.45, 2.75) is 13.8 Å². The van der Waals surface area contributed by atoms with Crippen LogP contribution in [0.5, 0.6) is 0 Å². The summed E-state index contributed by atoms with van der Waals surface area (Å²) in [7, 11) is 2.20. The Bertz CT molecular complexity index is 299. The minimum absolute atomic E-state index is 0.743. The first-order chi connectivity index (χ1) is 6.66. The zero-order valence-corrected chi connectivity index (χ0v) is 9.16. The van der Waals surface area contributed by atoms with Crippen molar-refractivity contribution in [1.29, 1.82) is 0 Å². The number of quaternary nitrogens is 1. The number of rotatable bonds is 4. The Morgan fingerprint density at radius 1 is 1.14 bits per heavy atom. The molecule has 2 nitrogen and oxygen atoms in total. The first kappa shape index (κ1) is 10.9. The molecule has 1 aromatic rings. The lowest BCUT2D eigenvalue weighted by atomic mass is 10.2. The van der Waals surface area contributed by atoms with E-state index < -0.39 is 0 Å². The molecular formula is C12H18NO+. The van der Waals surface area contributed by atoms with Gasteiger partial charge in [0.1, 0.15) is 12.0 Å². The van der Waals surface area contributed by atoms with Crippen LogP contribution in [-0.4, -0.2) is 26.4 Å². The topological polar surface area (TPSA) is 17.1 Å². The molecule has 2 heteroatoms. The third-order valence-corrected chi connectivity index (χ3v) is 3.05. The second-order valence-electron chi connectivity index (χ2n) is 3.74. The molecule has 0 radical (unpaired) electrons. The highest BCUT2D eigenvalue weighted by molar-refractivity contribution is 5.75. The molecule has 0 saturated heterocycles. The zero-order valence-electron chi connectivity index (χ0n) is 9.16. The molecule has 0 amide bonds. The highest BCUT2D eigenvalue weighted by Crippen LogP contribution is 2.20. The summed E-state index contributed by atoms with van der Waals surface area (Å²) in [5.74, 6) is 0. The van der Waals surface area contributed by atoms with Crippen molar-refractivity contribution < 1.29 is 4.79 Å². The third-order valence-electron chi connectivity index (χ3n) is 3.05. The maximum absolute atomic E-state index is 10.5. The monoisotopic (exact) mass is 192 g/mol. The van der Waals surface area contributed by atoms with Crippen molar-refractivity contribution in [3.8, 4) is 0 Å². The summed E-state index contributed by atoms with van der Waals surface area (Å²) in [5.41, 5.74) is 2.01. The fourth-order valence-corrected chi connectivity index (χ4v) is 1.50. The van der Waals surface area contributed by atoms with Gasteiger partial charge in [-0.05, 0) is 38.1 Å². The number of benzene rings is 1. The third kappa shape index (κ3) is 2.02. The van der Waals surface area contributed by atoms with Gasteiger partial charge in [-0.25, -0.2) is 0 Å². The Balaban J connectivity index is 3.00. The lowest BCUT2D eigenvalue weighted by Crippen LogP contribution is -2.44. The van der Waals surface area contributed by atoms with Gasteiger partial charge in [0.25, 0.3) is 0 Å². The van der Waals surface area contributed by atoms with Crippen molar-refractivity contribution in [3.63, 3.8) is 0 Å². The average molecular weight is 192 g/mol. The predicted molar refractivity (Wildman–Crippen MR) is 60.6 cm³/mol. The molecule has 0 N–H and O–H groups in total. The molecule has 76 valence electrons. The molecule has 0 aliphatic carbocycles. The molecule has 1 rings (SSSR count). The number of hydrogen-bond acceptors (Lipinski definition) is 1. The number of hydrogen-bond donors (Lipinski definition) is 0. The molecule has 0 aromatic heterocycles. The highest BCUT2D eigenvalue weighted by Gasteiger charge is 2.19. The smallest absolute Gasteiger partial charge is 0.150 e. The molecule has 1 aromatic carbocycles. The molecule has 0 aliphatic rings. The predicted octanol–water partition coefficient (Wildman–Crippen LogP) is 2.48. The summed E-state index contributed by atoms with van der Waals surface area (Å²) < 4.78 is 0.916. The van der Waals surface area contributed by atoms with E-state index in [1.165, 1.54) is 5.69 Å². The van der Waals surface area contributed by atoms with E-state index in [1.54, 1.807) is 0 Å². The van der Waals surface area contributed by atoms with Gasteiger partial charge in [0.15, 0.2) is 0 Å². The Morgan fingerprint density at radius 2 is 1.64 bits per heavy atom.